The lowest BCUT2D eigenvalue weighted by Gasteiger charge is -2.10. The number of amides is 1. The monoisotopic (exact) mass is 354 g/mol. The van der Waals surface area contributed by atoms with Gasteiger partial charge in [-0.15, -0.1) is 10.2 Å². The molecule has 1 aromatic carbocycles. The van der Waals surface area contributed by atoms with Crippen LogP contribution in [0.5, 0.6) is 0 Å². The molecule has 3 rings (SSSR count). The molecular weight excluding hydrogens is 336 g/mol. The highest BCUT2D eigenvalue weighted by Gasteiger charge is 2.19. The molecule has 1 amide bonds. The van der Waals surface area contributed by atoms with Gasteiger partial charge in [-0.25, -0.2) is 0 Å². The third-order valence-electron chi connectivity index (χ3n) is 3.58. The van der Waals surface area contributed by atoms with E-state index in [4.69, 9.17) is 4.42 Å². The van der Waals surface area contributed by atoms with Crippen LogP contribution in [0.1, 0.15) is 19.4 Å². The van der Waals surface area contributed by atoms with Crippen molar-refractivity contribution in [2.24, 2.45) is 0 Å². The Morgan fingerprint density at radius 2 is 2.04 bits per heavy atom. The van der Waals surface area contributed by atoms with Crippen LogP contribution in [0.4, 0.5) is 5.69 Å². The average molecular weight is 354 g/mol. The molecule has 0 aliphatic carbocycles. The highest BCUT2D eigenvalue weighted by atomic mass is 32.2. The van der Waals surface area contributed by atoms with Crippen LogP contribution in [-0.4, -0.2) is 26.3 Å². The van der Waals surface area contributed by atoms with E-state index in [1.807, 2.05) is 24.3 Å². The molecule has 3 aromatic rings. The van der Waals surface area contributed by atoms with Crippen molar-refractivity contribution >= 4 is 23.4 Å². The Morgan fingerprint density at radius 1 is 1.24 bits per heavy atom. The summed E-state index contributed by atoms with van der Waals surface area (Å²) in [5.41, 5.74) is 2.76. The van der Waals surface area contributed by atoms with Crippen LogP contribution in [0.3, 0.4) is 0 Å². The number of nitrogens with zero attached hydrogens (tertiary/aromatic N) is 3. The van der Waals surface area contributed by atoms with Gasteiger partial charge in [0.1, 0.15) is 0 Å². The van der Waals surface area contributed by atoms with Crippen LogP contribution in [0.25, 0.3) is 11.5 Å². The van der Waals surface area contributed by atoms with E-state index in [-0.39, 0.29) is 11.2 Å². The summed E-state index contributed by atoms with van der Waals surface area (Å²) < 4.78 is 5.61. The molecule has 25 heavy (non-hydrogen) atoms. The SMILES string of the molecule is CCc1cccc(NC(=O)C(C)Sc2nnc(-c3ccncc3)o2)c1. The molecule has 128 valence electrons. The zero-order valence-electron chi connectivity index (χ0n) is 14.0. The van der Waals surface area contributed by atoms with Crippen LogP contribution in [-0.2, 0) is 11.2 Å². The van der Waals surface area contributed by atoms with Gasteiger partial charge in [0.25, 0.3) is 5.22 Å². The number of anilines is 1. The topological polar surface area (TPSA) is 80.9 Å². The Hall–Kier alpha value is -2.67. The van der Waals surface area contributed by atoms with Gasteiger partial charge in [-0.05, 0) is 43.2 Å². The van der Waals surface area contributed by atoms with Gasteiger partial charge in [-0.3, -0.25) is 9.78 Å². The van der Waals surface area contributed by atoms with Crippen LogP contribution < -0.4 is 5.32 Å². The number of benzene rings is 1. The second-order valence-corrected chi connectivity index (χ2v) is 6.70. The predicted molar refractivity (Wildman–Crippen MR) is 97.3 cm³/mol. The highest BCUT2D eigenvalue weighted by molar-refractivity contribution is 8.00. The van der Waals surface area contributed by atoms with E-state index in [0.29, 0.717) is 11.1 Å². The number of aryl methyl sites for hydroxylation is 1. The fourth-order valence-corrected chi connectivity index (χ4v) is 2.87. The summed E-state index contributed by atoms with van der Waals surface area (Å²) in [4.78, 5) is 16.3. The Kier molecular flexibility index (Phi) is 5.45. The first-order valence-electron chi connectivity index (χ1n) is 7.96. The summed E-state index contributed by atoms with van der Waals surface area (Å²) in [6.45, 7) is 3.88. The molecule has 1 N–H and O–H groups in total. The fourth-order valence-electron chi connectivity index (χ4n) is 2.19. The fraction of sp³-hybridized carbons (Fsp3) is 0.222. The lowest BCUT2D eigenvalue weighted by molar-refractivity contribution is -0.115. The van der Waals surface area contributed by atoms with E-state index >= 15 is 0 Å². The molecule has 0 saturated carbocycles. The van der Waals surface area contributed by atoms with Gasteiger partial charge >= 0.3 is 0 Å². The number of rotatable bonds is 6. The lowest BCUT2D eigenvalue weighted by atomic mass is 10.1. The molecule has 2 aromatic heterocycles. The van der Waals surface area contributed by atoms with E-state index in [9.17, 15) is 4.79 Å². The maximum absolute atomic E-state index is 12.4. The zero-order valence-corrected chi connectivity index (χ0v) is 14.8. The number of hydrogen-bond donors (Lipinski definition) is 1. The third-order valence-corrected chi connectivity index (χ3v) is 4.52. The van der Waals surface area contributed by atoms with Crippen molar-refractivity contribution in [1.29, 1.82) is 0 Å². The van der Waals surface area contributed by atoms with Gasteiger partial charge in [-0.2, -0.15) is 0 Å². The molecule has 1 unspecified atom stereocenters. The van der Waals surface area contributed by atoms with Crippen LogP contribution in [0.2, 0.25) is 0 Å². The Labute approximate surface area is 150 Å². The number of nitrogens with one attached hydrogen (secondary N) is 1. The van der Waals surface area contributed by atoms with E-state index in [1.165, 1.54) is 17.3 Å². The van der Waals surface area contributed by atoms with Crippen molar-refractivity contribution < 1.29 is 9.21 Å². The first kappa shape index (κ1) is 17.2. The summed E-state index contributed by atoms with van der Waals surface area (Å²) in [5.74, 6) is 0.301. The molecule has 0 aliphatic rings. The van der Waals surface area contributed by atoms with Gasteiger partial charge in [0.15, 0.2) is 0 Å². The Bertz CT molecular complexity index is 851. The molecule has 0 fully saturated rings. The third kappa shape index (κ3) is 4.45. The number of pyridine rings is 1. The van der Waals surface area contributed by atoms with Crippen LogP contribution in [0, 0.1) is 0 Å². The zero-order chi connectivity index (χ0) is 17.6. The molecule has 0 saturated heterocycles. The van der Waals surface area contributed by atoms with Crippen molar-refractivity contribution in [2.75, 3.05) is 5.32 Å². The molecule has 7 heteroatoms. The number of aromatic nitrogens is 3. The van der Waals surface area contributed by atoms with E-state index in [2.05, 4.69) is 27.4 Å². The average Bonchev–Trinajstić information content (AvgIpc) is 3.11. The van der Waals surface area contributed by atoms with Crippen molar-refractivity contribution in [3.63, 3.8) is 0 Å². The first-order chi connectivity index (χ1) is 12.2. The molecule has 1 atom stereocenters. The summed E-state index contributed by atoms with van der Waals surface area (Å²) in [5, 5.41) is 10.9. The van der Waals surface area contributed by atoms with E-state index in [0.717, 1.165) is 17.7 Å². The van der Waals surface area contributed by atoms with Gasteiger partial charge in [-0.1, -0.05) is 30.8 Å². The van der Waals surface area contributed by atoms with Crippen LogP contribution in [0.15, 0.2) is 58.4 Å². The molecule has 0 spiro atoms. The second kappa shape index (κ2) is 7.94. The standard InChI is InChI=1S/C18H18N4O2S/c1-3-13-5-4-6-15(11-13)20-16(23)12(2)25-18-22-21-17(24-18)14-7-9-19-10-8-14/h4-12H,3H2,1-2H3,(H,20,23). The minimum Gasteiger partial charge on any atom is -0.411 e. The largest absolute Gasteiger partial charge is 0.411 e. The maximum atomic E-state index is 12.4. The maximum Gasteiger partial charge on any atom is 0.277 e. The lowest BCUT2D eigenvalue weighted by Crippen LogP contribution is -2.22. The van der Waals surface area contributed by atoms with Crippen molar-refractivity contribution in [2.45, 2.75) is 30.7 Å². The second-order valence-electron chi connectivity index (χ2n) is 5.41. The van der Waals surface area contributed by atoms with Gasteiger partial charge < -0.3 is 9.73 Å². The van der Waals surface area contributed by atoms with Crippen molar-refractivity contribution in [1.82, 2.24) is 15.2 Å². The normalized spacial score (nSPS) is 11.9. The minimum atomic E-state index is -0.365. The molecule has 6 nitrogen and oxygen atoms in total. The van der Waals surface area contributed by atoms with Crippen LogP contribution >= 0.6 is 11.8 Å². The number of thioether (sulfide) groups is 1. The Morgan fingerprint density at radius 3 is 2.80 bits per heavy atom. The predicted octanol–water partition coefficient (Wildman–Crippen LogP) is 3.81. The number of hydrogen-bond acceptors (Lipinski definition) is 6. The highest BCUT2D eigenvalue weighted by Crippen LogP contribution is 2.26. The number of carbonyl (C=O) groups excluding carboxylic acids is 1. The molecule has 0 aliphatic heterocycles. The van der Waals surface area contributed by atoms with E-state index < -0.39 is 0 Å². The van der Waals surface area contributed by atoms with Gasteiger partial charge in [0.05, 0.1) is 5.25 Å². The molecular formula is C18H18N4O2S. The van der Waals surface area contributed by atoms with Gasteiger partial charge in [0.2, 0.25) is 11.8 Å². The number of carbonyl (C=O) groups is 1. The molecule has 0 radical (unpaired) electrons. The molecule has 2 heterocycles. The van der Waals surface area contributed by atoms with E-state index in [1.54, 1.807) is 31.5 Å². The summed E-state index contributed by atoms with van der Waals surface area (Å²) in [6.07, 6.45) is 4.24. The van der Waals surface area contributed by atoms with Gasteiger partial charge in [0, 0.05) is 23.6 Å². The summed E-state index contributed by atoms with van der Waals surface area (Å²) >= 11 is 1.23. The van der Waals surface area contributed by atoms with Crippen molar-refractivity contribution in [3.8, 4) is 11.5 Å². The van der Waals surface area contributed by atoms with Crippen molar-refractivity contribution in [3.05, 3.63) is 54.4 Å². The first-order valence-corrected chi connectivity index (χ1v) is 8.84. The summed E-state index contributed by atoms with van der Waals surface area (Å²) in [7, 11) is 0. The Balaban J connectivity index is 1.62. The molecule has 0 bridgehead atoms. The quantitative estimate of drug-likeness (QED) is 0.678. The summed E-state index contributed by atoms with van der Waals surface area (Å²) in [6, 6.07) is 11.4. The minimum absolute atomic E-state index is 0.109. The smallest absolute Gasteiger partial charge is 0.277 e.